The number of aryl methyl sites for hydroxylation is 1. The Morgan fingerprint density at radius 2 is 1.71 bits per heavy atom. The minimum Gasteiger partial charge on any atom is -0.396 e. The third kappa shape index (κ3) is 5.34. The number of carbonyl (C=O) groups is 1. The number of hydrogen-bond acceptors (Lipinski definition) is 5. The van der Waals surface area contributed by atoms with Gasteiger partial charge in [-0.1, -0.05) is 48.2 Å². The van der Waals surface area contributed by atoms with Gasteiger partial charge >= 0.3 is 0 Å². The molecule has 3 N–H and O–H groups in total. The average Bonchev–Trinajstić information content (AvgIpc) is 3.54. The topological polar surface area (TPSA) is 104 Å². The van der Waals surface area contributed by atoms with Crippen LogP contribution in [0.2, 0.25) is 0 Å². The number of aliphatic hydroxyl groups excluding tert-OH is 1. The Labute approximate surface area is 183 Å². The number of aliphatic hydroxyl groups is 1. The second-order valence-electron chi connectivity index (χ2n) is 8.27. The van der Waals surface area contributed by atoms with E-state index in [0.717, 1.165) is 34.9 Å². The van der Waals surface area contributed by atoms with Crippen LogP contribution in [0.1, 0.15) is 30.9 Å². The van der Waals surface area contributed by atoms with Crippen molar-refractivity contribution in [1.29, 1.82) is 0 Å². The Balaban J connectivity index is 1.65. The van der Waals surface area contributed by atoms with Gasteiger partial charge in [-0.2, -0.15) is 0 Å². The Kier molecular flexibility index (Phi) is 6.85. The van der Waals surface area contributed by atoms with Crippen molar-refractivity contribution < 1.29 is 23.5 Å². The van der Waals surface area contributed by atoms with Gasteiger partial charge in [0.05, 0.1) is 0 Å². The van der Waals surface area contributed by atoms with E-state index in [1.807, 2.05) is 48.5 Å². The second-order valence-corrected chi connectivity index (χ2v) is 10.7. The van der Waals surface area contributed by atoms with Crippen molar-refractivity contribution in [2.75, 3.05) is 12.9 Å². The molecule has 7 heteroatoms. The normalized spacial score (nSPS) is 19.6. The van der Waals surface area contributed by atoms with Gasteiger partial charge in [-0.25, -0.2) is 13.9 Å². The molecule has 1 aliphatic carbocycles. The van der Waals surface area contributed by atoms with Crippen LogP contribution in [0.25, 0.3) is 11.1 Å². The number of benzene rings is 2. The predicted molar refractivity (Wildman–Crippen MR) is 119 cm³/mol. The lowest BCUT2D eigenvalue weighted by Gasteiger charge is -2.25. The molecule has 1 saturated carbocycles. The van der Waals surface area contributed by atoms with Gasteiger partial charge in [0, 0.05) is 24.3 Å². The van der Waals surface area contributed by atoms with Crippen LogP contribution < -0.4 is 5.48 Å². The van der Waals surface area contributed by atoms with E-state index in [1.165, 1.54) is 12.4 Å². The summed E-state index contributed by atoms with van der Waals surface area (Å²) in [5.74, 6) is 6.06. The van der Waals surface area contributed by atoms with E-state index in [4.69, 9.17) is 10.3 Å². The molecule has 31 heavy (non-hydrogen) atoms. The predicted octanol–water partition coefficient (Wildman–Crippen LogP) is 2.57. The molecule has 0 aromatic heterocycles. The highest BCUT2D eigenvalue weighted by Crippen LogP contribution is 2.37. The van der Waals surface area contributed by atoms with Crippen LogP contribution in [-0.4, -0.2) is 42.2 Å². The first-order valence-corrected chi connectivity index (χ1v) is 12.0. The largest absolute Gasteiger partial charge is 0.396 e. The van der Waals surface area contributed by atoms with Crippen LogP contribution in [0, 0.1) is 23.7 Å². The van der Waals surface area contributed by atoms with Crippen LogP contribution in [0.4, 0.5) is 0 Å². The van der Waals surface area contributed by atoms with Crippen molar-refractivity contribution in [3.8, 4) is 23.0 Å². The number of hydrogen-bond donors (Lipinski definition) is 3. The van der Waals surface area contributed by atoms with Gasteiger partial charge < -0.3 is 5.11 Å². The number of sulfone groups is 1. The van der Waals surface area contributed by atoms with Gasteiger partial charge in [-0.3, -0.25) is 10.0 Å². The minimum atomic E-state index is -3.71. The van der Waals surface area contributed by atoms with Crippen molar-refractivity contribution >= 4 is 15.7 Å². The zero-order chi connectivity index (χ0) is 22.6. The molecule has 2 unspecified atom stereocenters. The zero-order valence-corrected chi connectivity index (χ0v) is 18.4. The molecule has 0 radical (unpaired) electrons. The Bertz CT molecular complexity index is 1100. The van der Waals surface area contributed by atoms with Crippen molar-refractivity contribution in [1.82, 2.24) is 5.48 Å². The van der Waals surface area contributed by atoms with Crippen LogP contribution >= 0.6 is 0 Å². The summed E-state index contributed by atoms with van der Waals surface area (Å²) < 4.78 is 22.4. The van der Waals surface area contributed by atoms with Crippen molar-refractivity contribution in [2.24, 2.45) is 11.8 Å². The molecule has 6 nitrogen and oxygen atoms in total. The van der Waals surface area contributed by atoms with E-state index >= 15 is 0 Å². The molecule has 0 saturated heterocycles. The Morgan fingerprint density at radius 1 is 1.13 bits per heavy atom. The number of nitrogens with one attached hydrogen (secondary N) is 1. The van der Waals surface area contributed by atoms with Crippen LogP contribution in [0.15, 0.2) is 48.5 Å². The monoisotopic (exact) mass is 441 g/mol. The molecule has 164 valence electrons. The molecule has 1 fully saturated rings. The standard InChI is InChI=1S/C24H27NO5S/c1-24(23(27)25-28,31(2,29)30)14-13-18-5-10-20(11-6-18)19-8-3-17(4-9-19)7-12-21-15-22(21)16-26/h3-6,8-11,21-22,26,28H,13-16H2,1-2H3,(H,25,27)/t21-,22?,24?/m1/s1. The fourth-order valence-corrected chi connectivity index (χ4v) is 4.24. The number of rotatable bonds is 7. The Morgan fingerprint density at radius 3 is 2.19 bits per heavy atom. The van der Waals surface area contributed by atoms with Gasteiger partial charge in [0.2, 0.25) is 0 Å². The lowest BCUT2D eigenvalue weighted by molar-refractivity contribution is -0.131. The Hall–Kier alpha value is -2.66. The highest BCUT2D eigenvalue weighted by atomic mass is 32.2. The molecule has 2 aromatic carbocycles. The van der Waals surface area contributed by atoms with E-state index in [-0.39, 0.29) is 13.0 Å². The molecule has 1 aliphatic rings. The summed E-state index contributed by atoms with van der Waals surface area (Å²) in [6, 6.07) is 15.7. The smallest absolute Gasteiger partial charge is 0.264 e. The highest BCUT2D eigenvalue weighted by Gasteiger charge is 2.43. The summed E-state index contributed by atoms with van der Waals surface area (Å²) in [7, 11) is -3.71. The quantitative estimate of drug-likeness (QED) is 0.348. The molecule has 1 amide bonds. The summed E-state index contributed by atoms with van der Waals surface area (Å²) in [5.41, 5.74) is 5.36. The maximum atomic E-state index is 12.1. The maximum absolute atomic E-state index is 12.1. The van der Waals surface area contributed by atoms with E-state index in [9.17, 15) is 13.2 Å². The zero-order valence-electron chi connectivity index (χ0n) is 17.6. The number of carbonyl (C=O) groups excluding carboxylic acids is 1. The highest BCUT2D eigenvalue weighted by molar-refractivity contribution is 7.92. The van der Waals surface area contributed by atoms with Crippen LogP contribution in [0.5, 0.6) is 0 Å². The first-order chi connectivity index (χ1) is 14.7. The van der Waals surface area contributed by atoms with Crippen molar-refractivity contribution in [2.45, 2.75) is 30.9 Å². The second kappa shape index (κ2) is 9.23. The van der Waals surface area contributed by atoms with E-state index < -0.39 is 20.5 Å². The van der Waals surface area contributed by atoms with Gasteiger partial charge in [0.1, 0.15) is 4.75 Å². The lowest BCUT2D eigenvalue weighted by Crippen LogP contribution is -2.49. The van der Waals surface area contributed by atoms with Crippen molar-refractivity contribution in [3.63, 3.8) is 0 Å². The third-order valence-corrected chi connectivity index (χ3v) is 8.05. The summed E-state index contributed by atoms with van der Waals surface area (Å²) in [6.07, 6.45) is 2.40. The van der Waals surface area contributed by atoms with Gasteiger partial charge in [0.25, 0.3) is 5.91 Å². The minimum absolute atomic E-state index is 0.0586. The van der Waals surface area contributed by atoms with Crippen molar-refractivity contribution in [3.05, 3.63) is 59.7 Å². The van der Waals surface area contributed by atoms with E-state index in [2.05, 4.69) is 11.8 Å². The third-order valence-electron chi connectivity index (χ3n) is 6.02. The van der Waals surface area contributed by atoms with Gasteiger partial charge in [0.15, 0.2) is 9.84 Å². The summed E-state index contributed by atoms with van der Waals surface area (Å²) in [4.78, 5) is 11.9. The van der Waals surface area contributed by atoms with E-state index in [0.29, 0.717) is 18.3 Å². The SMILES string of the molecule is CC(CCc1ccc(-c2ccc(C#C[C@@H]3CC3CO)cc2)cc1)(C(=O)NO)S(C)(=O)=O. The molecule has 0 heterocycles. The summed E-state index contributed by atoms with van der Waals surface area (Å²) in [5, 5.41) is 18.0. The molecule has 0 spiro atoms. The molecule has 0 aliphatic heterocycles. The lowest BCUT2D eigenvalue weighted by atomic mass is 9.97. The molecular weight excluding hydrogens is 414 g/mol. The maximum Gasteiger partial charge on any atom is 0.264 e. The fraction of sp³-hybridized carbons (Fsp3) is 0.375. The molecule has 3 atom stereocenters. The van der Waals surface area contributed by atoms with Gasteiger partial charge in [-0.15, -0.1) is 0 Å². The van der Waals surface area contributed by atoms with Crippen LogP contribution in [0.3, 0.4) is 0 Å². The van der Waals surface area contributed by atoms with Gasteiger partial charge in [-0.05, 0) is 60.9 Å². The number of hydroxylamine groups is 1. The number of amides is 1. The molecular formula is C24H27NO5S. The molecule has 2 aromatic rings. The molecule has 0 bridgehead atoms. The first-order valence-electron chi connectivity index (χ1n) is 10.1. The van der Waals surface area contributed by atoms with Crippen LogP contribution in [-0.2, 0) is 21.1 Å². The summed E-state index contributed by atoms with van der Waals surface area (Å²) in [6.45, 7) is 1.52. The molecule has 3 rings (SSSR count). The fourth-order valence-electron chi connectivity index (χ4n) is 3.38. The average molecular weight is 442 g/mol. The summed E-state index contributed by atoms with van der Waals surface area (Å²) >= 11 is 0. The first kappa shape index (κ1) is 23.0. The van der Waals surface area contributed by atoms with E-state index in [1.54, 1.807) is 0 Å².